The molecule has 0 unspecified atom stereocenters. The van der Waals surface area contributed by atoms with E-state index in [4.69, 9.17) is 0 Å². The Morgan fingerprint density at radius 2 is 1.89 bits per heavy atom. The number of nitrogens with one attached hydrogen (secondary N) is 1. The zero-order valence-electron chi connectivity index (χ0n) is 11.7. The molecule has 1 aromatic carbocycles. The van der Waals surface area contributed by atoms with E-state index >= 15 is 0 Å². The number of hydrogen-bond acceptors (Lipinski definition) is 1. The number of amides is 1. The first-order valence-electron chi connectivity index (χ1n) is 7.26. The Bertz CT molecular complexity index is 427. The highest BCUT2D eigenvalue weighted by Crippen LogP contribution is 2.22. The topological polar surface area (TPSA) is 29.1 Å². The molecule has 0 heterocycles. The first-order valence-corrected chi connectivity index (χ1v) is 7.26. The fourth-order valence-electron chi connectivity index (χ4n) is 2.54. The van der Waals surface area contributed by atoms with E-state index in [1.165, 1.54) is 37.7 Å². The Kier molecular flexibility index (Phi) is 5.20. The van der Waals surface area contributed by atoms with Gasteiger partial charge < -0.3 is 5.32 Å². The van der Waals surface area contributed by atoms with Crippen LogP contribution in [0.15, 0.2) is 30.3 Å². The molecule has 1 N–H and O–H groups in total. The summed E-state index contributed by atoms with van der Waals surface area (Å²) in [5.74, 6) is 0.705. The summed E-state index contributed by atoms with van der Waals surface area (Å²) in [5, 5.41) is 3.01. The van der Waals surface area contributed by atoms with Gasteiger partial charge in [0.15, 0.2) is 0 Å². The lowest BCUT2D eigenvalue weighted by molar-refractivity contribution is -0.116. The van der Waals surface area contributed by atoms with E-state index in [-0.39, 0.29) is 5.91 Å². The van der Waals surface area contributed by atoms with Crippen molar-refractivity contribution in [3.63, 3.8) is 0 Å². The van der Waals surface area contributed by atoms with Crippen LogP contribution in [-0.2, 0) is 4.79 Å². The van der Waals surface area contributed by atoms with Gasteiger partial charge in [-0.05, 0) is 37.3 Å². The zero-order chi connectivity index (χ0) is 13.5. The normalized spacial score (nSPS) is 16.7. The van der Waals surface area contributed by atoms with E-state index in [1.807, 2.05) is 18.2 Å². The van der Waals surface area contributed by atoms with Crippen LogP contribution in [-0.4, -0.2) is 12.5 Å². The molecule has 0 aromatic heterocycles. The van der Waals surface area contributed by atoms with Gasteiger partial charge in [-0.15, -0.1) is 0 Å². The van der Waals surface area contributed by atoms with Crippen LogP contribution in [0.2, 0.25) is 0 Å². The molecule has 2 nitrogen and oxygen atoms in total. The van der Waals surface area contributed by atoms with Crippen molar-refractivity contribution in [1.82, 2.24) is 5.32 Å². The Morgan fingerprint density at radius 1 is 1.21 bits per heavy atom. The number of rotatable bonds is 4. The number of carbonyl (C=O) groups is 1. The minimum Gasteiger partial charge on any atom is -0.352 e. The van der Waals surface area contributed by atoms with Gasteiger partial charge in [-0.25, -0.2) is 0 Å². The fraction of sp³-hybridized carbons (Fsp3) is 0.471. The van der Waals surface area contributed by atoms with Crippen molar-refractivity contribution in [2.45, 2.75) is 39.0 Å². The summed E-state index contributed by atoms with van der Waals surface area (Å²) >= 11 is 0. The van der Waals surface area contributed by atoms with Crippen LogP contribution in [0.3, 0.4) is 0 Å². The van der Waals surface area contributed by atoms with E-state index in [1.54, 1.807) is 6.08 Å². The van der Waals surface area contributed by atoms with Crippen LogP contribution < -0.4 is 5.32 Å². The average Bonchev–Trinajstić information content (AvgIpc) is 2.45. The lowest BCUT2D eigenvalue weighted by Gasteiger charge is -2.21. The fourth-order valence-corrected chi connectivity index (χ4v) is 2.54. The molecule has 0 atom stereocenters. The molecule has 1 amide bonds. The molecule has 1 aliphatic rings. The van der Waals surface area contributed by atoms with Gasteiger partial charge in [0.2, 0.25) is 5.91 Å². The smallest absolute Gasteiger partial charge is 0.244 e. The Balaban J connectivity index is 1.75. The van der Waals surface area contributed by atoms with Gasteiger partial charge in [0.05, 0.1) is 0 Å². The van der Waals surface area contributed by atoms with E-state index in [0.717, 1.165) is 12.1 Å². The third kappa shape index (κ3) is 4.90. The van der Waals surface area contributed by atoms with Crippen LogP contribution in [0.5, 0.6) is 0 Å². The molecule has 1 saturated carbocycles. The summed E-state index contributed by atoms with van der Waals surface area (Å²) in [6.07, 6.45) is 10.0. The molecule has 0 radical (unpaired) electrons. The van der Waals surface area contributed by atoms with Crippen LogP contribution in [0.25, 0.3) is 6.08 Å². The molecule has 1 aromatic rings. The predicted octanol–water partition coefficient (Wildman–Crippen LogP) is 3.70. The van der Waals surface area contributed by atoms with Gasteiger partial charge in [-0.2, -0.15) is 0 Å². The summed E-state index contributed by atoms with van der Waals surface area (Å²) in [7, 11) is 0. The second-order valence-corrected chi connectivity index (χ2v) is 5.49. The number of benzene rings is 1. The SMILES string of the molecule is Cc1ccc(/C=C/C(=O)NCC2CCCCC2)cc1. The largest absolute Gasteiger partial charge is 0.352 e. The van der Waals surface area contributed by atoms with E-state index in [0.29, 0.717) is 5.92 Å². The van der Waals surface area contributed by atoms with Gasteiger partial charge >= 0.3 is 0 Å². The monoisotopic (exact) mass is 257 g/mol. The Morgan fingerprint density at radius 3 is 2.58 bits per heavy atom. The van der Waals surface area contributed by atoms with Crippen molar-refractivity contribution in [3.8, 4) is 0 Å². The lowest BCUT2D eigenvalue weighted by Crippen LogP contribution is -2.28. The molecule has 0 aliphatic heterocycles. The number of hydrogen-bond donors (Lipinski definition) is 1. The van der Waals surface area contributed by atoms with Gasteiger partial charge in [0.1, 0.15) is 0 Å². The highest BCUT2D eigenvalue weighted by molar-refractivity contribution is 5.91. The van der Waals surface area contributed by atoms with E-state index < -0.39 is 0 Å². The highest BCUT2D eigenvalue weighted by Gasteiger charge is 2.13. The van der Waals surface area contributed by atoms with Crippen LogP contribution in [0.4, 0.5) is 0 Å². The molecule has 0 spiro atoms. The van der Waals surface area contributed by atoms with Crippen molar-refractivity contribution in [2.24, 2.45) is 5.92 Å². The Labute approximate surface area is 115 Å². The summed E-state index contributed by atoms with van der Waals surface area (Å²) < 4.78 is 0. The van der Waals surface area contributed by atoms with Crippen LogP contribution in [0.1, 0.15) is 43.2 Å². The molecule has 2 heteroatoms. The number of carbonyl (C=O) groups excluding carboxylic acids is 1. The van der Waals surface area contributed by atoms with Crippen LogP contribution >= 0.6 is 0 Å². The molecular weight excluding hydrogens is 234 g/mol. The predicted molar refractivity (Wildman–Crippen MR) is 79.8 cm³/mol. The minimum absolute atomic E-state index is 0.0196. The maximum absolute atomic E-state index is 11.7. The summed E-state index contributed by atoms with van der Waals surface area (Å²) in [6.45, 7) is 2.89. The maximum Gasteiger partial charge on any atom is 0.244 e. The van der Waals surface area contributed by atoms with Crippen molar-refractivity contribution in [2.75, 3.05) is 6.54 Å². The summed E-state index contributed by atoms with van der Waals surface area (Å²) in [6, 6.07) is 8.17. The first kappa shape index (κ1) is 13.9. The third-order valence-electron chi connectivity index (χ3n) is 3.79. The second kappa shape index (κ2) is 7.13. The molecule has 102 valence electrons. The Hall–Kier alpha value is -1.57. The summed E-state index contributed by atoms with van der Waals surface area (Å²) in [4.78, 5) is 11.7. The molecule has 1 fully saturated rings. The number of aryl methyl sites for hydroxylation is 1. The molecule has 0 bridgehead atoms. The van der Waals surface area contributed by atoms with Crippen molar-refractivity contribution >= 4 is 12.0 Å². The molecule has 2 rings (SSSR count). The van der Waals surface area contributed by atoms with Gasteiger partial charge in [-0.1, -0.05) is 49.1 Å². The third-order valence-corrected chi connectivity index (χ3v) is 3.79. The van der Waals surface area contributed by atoms with E-state index in [2.05, 4.69) is 24.4 Å². The van der Waals surface area contributed by atoms with Crippen molar-refractivity contribution in [1.29, 1.82) is 0 Å². The van der Waals surface area contributed by atoms with E-state index in [9.17, 15) is 4.79 Å². The second-order valence-electron chi connectivity index (χ2n) is 5.49. The zero-order valence-corrected chi connectivity index (χ0v) is 11.7. The van der Waals surface area contributed by atoms with Crippen molar-refractivity contribution < 1.29 is 4.79 Å². The molecule has 19 heavy (non-hydrogen) atoms. The molecular formula is C17H23NO. The van der Waals surface area contributed by atoms with Crippen molar-refractivity contribution in [3.05, 3.63) is 41.5 Å². The van der Waals surface area contributed by atoms with Gasteiger partial charge in [0.25, 0.3) is 0 Å². The van der Waals surface area contributed by atoms with Gasteiger partial charge in [-0.3, -0.25) is 4.79 Å². The standard InChI is InChI=1S/C17H23NO/c1-14-7-9-15(10-8-14)11-12-17(19)18-13-16-5-3-2-4-6-16/h7-12,16H,2-6,13H2,1H3,(H,18,19)/b12-11+. The van der Waals surface area contributed by atoms with Gasteiger partial charge in [0, 0.05) is 12.6 Å². The average molecular weight is 257 g/mol. The lowest BCUT2D eigenvalue weighted by atomic mass is 9.89. The quantitative estimate of drug-likeness (QED) is 0.819. The van der Waals surface area contributed by atoms with Crippen LogP contribution in [0, 0.1) is 12.8 Å². The molecule has 0 saturated heterocycles. The summed E-state index contributed by atoms with van der Waals surface area (Å²) in [5.41, 5.74) is 2.30. The maximum atomic E-state index is 11.7. The minimum atomic E-state index is 0.0196. The highest BCUT2D eigenvalue weighted by atomic mass is 16.1. The first-order chi connectivity index (χ1) is 9.24. The molecule has 1 aliphatic carbocycles.